The van der Waals surface area contributed by atoms with E-state index in [0.29, 0.717) is 53.6 Å². The number of thioether (sulfide) groups is 1. The molecule has 0 atom stereocenters. The van der Waals surface area contributed by atoms with Crippen molar-refractivity contribution in [2.24, 2.45) is 0 Å². The lowest BCUT2D eigenvalue weighted by molar-refractivity contribution is 0.122. The Morgan fingerprint density at radius 1 is 1.07 bits per heavy atom. The van der Waals surface area contributed by atoms with Crippen molar-refractivity contribution in [3.05, 3.63) is 70.2 Å². The van der Waals surface area contributed by atoms with Gasteiger partial charge >= 0.3 is 0 Å². The number of aryl methyl sites for hydroxylation is 1. The van der Waals surface area contributed by atoms with Crippen LogP contribution in [0.15, 0.2) is 53.7 Å². The molecule has 0 saturated carbocycles. The van der Waals surface area contributed by atoms with Crippen molar-refractivity contribution in [3.8, 4) is 17.3 Å². The molecule has 1 saturated heterocycles. The molecule has 0 spiro atoms. The normalized spacial score (nSPS) is 13.8. The molecule has 1 aliphatic heterocycles. The first kappa shape index (κ1) is 20.7. The van der Waals surface area contributed by atoms with E-state index in [4.69, 9.17) is 26.3 Å². The molecule has 152 valence electrons. The largest absolute Gasteiger partial charge is 0.378 e. The monoisotopic (exact) mass is 436 g/mol. The molecule has 0 radical (unpaired) electrons. The first-order valence-electron chi connectivity index (χ1n) is 9.73. The van der Waals surface area contributed by atoms with Gasteiger partial charge in [0.25, 0.3) is 0 Å². The van der Waals surface area contributed by atoms with Crippen molar-refractivity contribution in [2.45, 2.75) is 17.8 Å². The first-order chi connectivity index (χ1) is 14.6. The standard InChI is InChI=1S/C23H21ClN4OS/c1-16-2-4-17(5-3-16)15-30-23-26-21(18-6-8-19(24)9-7-18)20(14-25)22(27-23)28-10-12-29-13-11-28/h2-9H,10-13,15H2,1H3. The summed E-state index contributed by atoms with van der Waals surface area (Å²) in [6.45, 7) is 4.73. The molecule has 0 N–H and O–H groups in total. The fourth-order valence-electron chi connectivity index (χ4n) is 3.25. The molecule has 1 aromatic heterocycles. The third-order valence-corrected chi connectivity index (χ3v) is 6.07. The van der Waals surface area contributed by atoms with Gasteiger partial charge in [0.05, 0.1) is 18.9 Å². The molecule has 3 aromatic rings. The van der Waals surface area contributed by atoms with Crippen LogP contribution in [0.4, 0.5) is 5.82 Å². The quantitative estimate of drug-likeness (QED) is 0.409. The second-order valence-corrected chi connectivity index (χ2v) is 8.42. The molecule has 0 bridgehead atoms. The van der Waals surface area contributed by atoms with Crippen LogP contribution in [0.5, 0.6) is 0 Å². The molecule has 5 nitrogen and oxygen atoms in total. The Morgan fingerprint density at radius 3 is 2.43 bits per heavy atom. The van der Waals surface area contributed by atoms with Gasteiger partial charge in [-0.2, -0.15) is 5.26 Å². The highest BCUT2D eigenvalue weighted by Gasteiger charge is 2.22. The van der Waals surface area contributed by atoms with E-state index in [2.05, 4.69) is 42.2 Å². The SMILES string of the molecule is Cc1ccc(CSc2nc(-c3ccc(Cl)cc3)c(C#N)c(N3CCOCC3)n2)cc1. The van der Waals surface area contributed by atoms with Crippen LogP contribution in [0, 0.1) is 18.3 Å². The van der Waals surface area contributed by atoms with Crippen LogP contribution in [0.2, 0.25) is 5.02 Å². The van der Waals surface area contributed by atoms with Gasteiger partial charge in [-0.1, -0.05) is 65.3 Å². The fourth-order valence-corrected chi connectivity index (χ4v) is 4.17. The van der Waals surface area contributed by atoms with Crippen molar-refractivity contribution < 1.29 is 4.74 Å². The zero-order valence-electron chi connectivity index (χ0n) is 16.6. The van der Waals surface area contributed by atoms with Crippen molar-refractivity contribution in [3.63, 3.8) is 0 Å². The Bertz CT molecular complexity index is 1060. The van der Waals surface area contributed by atoms with Gasteiger partial charge in [0.1, 0.15) is 11.6 Å². The van der Waals surface area contributed by atoms with Crippen LogP contribution in [0.25, 0.3) is 11.3 Å². The van der Waals surface area contributed by atoms with Crippen LogP contribution < -0.4 is 4.90 Å². The van der Waals surface area contributed by atoms with E-state index < -0.39 is 0 Å². The van der Waals surface area contributed by atoms with Crippen LogP contribution in [0.3, 0.4) is 0 Å². The Balaban J connectivity index is 1.73. The number of anilines is 1. The van der Waals surface area contributed by atoms with E-state index in [1.165, 1.54) is 11.1 Å². The fraction of sp³-hybridized carbons (Fsp3) is 0.261. The van der Waals surface area contributed by atoms with Crippen molar-refractivity contribution >= 4 is 29.2 Å². The van der Waals surface area contributed by atoms with Crippen molar-refractivity contribution in [1.82, 2.24) is 9.97 Å². The van der Waals surface area contributed by atoms with Gasteiger partial charge in [-0.15, -0.1) is 0 Å². The van der Waals surface area contributed by atoms with Crippen molar-refractivity contribution in [2.75, 3.05) is 31.2 Å². The van der Waals surface area contributed by atoms with Crippen LogP contribution in [-0.2, 0) is 10.5 Å². The molecular weight excluding hydrogens is 416 g/mol. The van der Waals surface area contributed by atoms with E-state index in [0.717, 1.165) is 11.3 Å². The maximum Gasteiger partial charge on any atom is 0.190 e. The summed E-state index contributed by atoms with van der Waals surface area (Å²) in [4.78, 5) is 11.6. The minimum atomic E-state index is 0.485. The van der Waals surface area contributed by atoms with Gasteiger partial charge in [-0.25, -0.2) is 9.97 Å². The number of halogens is 1. The van der Waals surface area contributed by atoms with E-state index in [1.807, 2.05) is 24.3 Å². The number of benzene rings is 2. The van der Waals surface area contributed by atoms with Crippen LogP contribution in [0.1, 0.15) is 16.7 Å². The lowest BCUT2D eigenvalue weighted by atomic mass is 10.1. The Hall–Kier alpha value is -2.59. The molecule has 4 rings (SSSR count). The smallest absolute Gasteiger partial charge is 0.190 e. The summed E-state index contributed by atoms with van der Waals surface area (Å²) in [5, 5.41) is 11.3. The van der Waals surface area contributed by atoms with Gasteiger partial charge in [0, 0.05) is 29.4 Å². The number of nitriles is 1. The number of rotatable bonds is 5. The summed E-state index contributed by atoms with van der Waals surface area (Å²) < 4.78 is 5.48. The molecule has 0 unspecified atom stereocenters. The van der Waals surface area contributed by atoms with Gasteiger partial charge in [0.15, 0.2) is 11.0 Å². The van der Waals surface area contributed by atoms with E-state index in [9.17, 15) is 5.26 Å². The second kappa shape index (κ2) is 9.48. The zero-order valence-corrected chi connectivity index (χ0v) is 18.2. The topological polar surface area (TPSA) is 62.0 Å². The molecule has 30 heavy (non-hydrogen) atoms. The summed E-state index contributed by atoms with van der Waals surface area (Å²) in [7, 11) is 0. The Kier molecular flexibility index (Phi) is 6.53. The predicted molar refractivity (Wildman–Crippen MR) is 121 cm³/mol. The molecule has 2 aromatic carbocycles. The molecule has 7 heteroatoms. The van der Waals surface area contributed by atoms with Gasteiger partial charge in [-0.05, 0) is 24.6 Å². The summed E-state index contributed by atoms with van der Waals surface area (Å²) in [6.07, 6.45) is 0. The van der Waals surface area contributed by atoms with Gasteiger partial charge < -0.3 is 9.64 Å². The zero-order chi connectivity index (χ0) is 20.9. The maximum atomic E-state index is 9.95. The number of hydrogen-bond donors (Lipinski definition) is 0. The number of morpholine rings is 1. The number of hydrogen-bond acceptors (Lipinski definition) is 6. The minimum Gasteiger partial charge on any atom is -0.378 e. The molecule has 0 aliphatic carbocycles. The third kappa shape index (κ3) is 4.76. The molecule has 1 aliphatic rings. The lowest BCUT2D eigenvalue weighted by Crippen LogP contribution is -2.37. The molecule has 2 heterocycles. The number of nitrogens with zero attached hydrogens (tertiary/aromatic N) is 4. The Labute approximate surface area is 185 Å². The number of ether oxygens (including phenoxy) is 1. The average molecular weight is 437 g/mol. The van der Waals surface area contributed by atoms with Crippen LogP contribution in [-0.4, -0.2) is 36.3 Å². The van der Waals surface area contributed by atoms with Crippen molar-refractivity contribution in [1.29, 1.82) is 5.26 Å². The summed E-state index contributed by atoms with van der Waals surface area (Å²) in [5.74, 6) is 1.43. The predicted octanol–water partition coefficient (Wildman–Crippen LogP) is 5.11. The molecular formula is C23H21ClN4OS. The van der Waals surface area contributed by atoms with Crippen LogP contribution >= 0.6 is 23.4 Å². The average Bonchev–Trinajstić information content (AvgIpc) is 2.79. The summed E-state index contributed by atoms with van der Waals surface area (Å²) in [6, 6.07) is 18.2. The summed E-state index contributed by atoms with van der Waals surface area (Å²) in [5.41, 5.74) is 4.42. The minimum absolute atomic E-state index is 0.485. The van der Waals surface area contributed by atoms with E-state index in [-0.39, 0.29) is 0 Å². The first-order valence-corrected chi connectivity index (χ1v) is 11.1. The molecule has 1 fully saturated rings. The van der Waals surface area contributed by atoms with Gasteiger partial charge in [-0.3, -0.25) is 0 Å². The highest BCUT2D eigenvalue weighted by molar-refractivity contribution is 7.98. The van der Waals surface area contributed by atoms with Gasteiger partial charge in [0.2, 0.25) is 0 Å². The third-order valence-electron chi connectivity index (χ3n) is 4.90. The number of aromatic nitrogens is 2. The highest BCUT2D eigenvalue weighted by atomic mass is 35.5. The van der Waals surface area contributed by atoms with E-state index in [1.54, 1.807) is 11.8 Å². The second-order valence-electron chi connectivity index (χ2n) is 7.05. The maximum absolute atomic E-state index is 9.95. The highest BCUT2D eigenvalue weighted by Crippen LogP contribution is 2.32. The lowest BCUT2D eigenvalue weighted by Gasteiger charge is -2.29. The van der Waals surface area contributed by atoms with E-state index >= 15 is 0 Å². The summed E-state index contributed by atoms with van der Waals surface area (Å²) >= 11 is 7.63. The Morgan fingerprint density at radius 2 is 1.77 bits per heavy atom. The molecule has 0 amide bonds.